The number of anilines is 1. The van der Waals surface area contributed by atoms with Crippen molar-refractivity contribution >= 4 is 27.7 Å². The summed E-state index contributed by atoms with van der Waals surface area (Å²) < 4.78 is 7.03. The van der Waals surface area contributed by atoms with Crippen molar-refractivity contribution in [2.45, 2.75) is 26.0 Å². The van der Waals surface area contributed by atoms with Gasteiger partial charge in [-0.3, -0.25) is 0 Å². The number of nitrogens with one attached hydrogen (secondary N) is 1. The third kappa shape index (κ3) is 5.57. The molecule has 0 amide bonds. The van der Waals surface area contributed by atoms with Crippen LogP contribution in [0.4, 0.5) is 5.82 Å². The summed E-state index contributed by atoms with van der Waals surface area (Å²) in [7, 11) is 0. The number of hydrogen-bond acceptors (Lipinski definition) is 4. The van der Waals surface area contributed by atoms with Gasteiger partial charge in [0, 0.05) is 16.7 Å². The van der Waals surface area contributed by atoms with Gasteiger partial charge in [0.15, 0.2) is 0 Å². The molecule has 3 rings (SSSR count). The molecule has 0 radical (unpaired) electrons. The van der Waals surface area contributed by atoms with Gasteiger partial charge in [0.25, 0.3) is 0 Å². The molecule has 5 nitrogen and oxygen atoms in total. The van der Waals surface area contributed by atoms with Crippen molar-refractivity contribution in [3.8, 4) is 5.75 Å². The number of pyridine rings is 1. The lowest BCUT2D eigenvalue weighted by molar-refractivity contribution is 0.0696. The second-order valence-electron chi connectivity index (χ2n) is 6.51. The molecule has 2 N–H and O–H groups in total. The van der Waals surface area contributed by atoms with Gasteiger partial charge in [0.1, 0.15) is 18.2 Å². The van der Waals surface area contributed by atoms with Crippen LogP contribution in [-0.4, -0.2) is 22.1 Å². The van der Waals surface area contributed by atoms with Gasteiger partial charge in [-0.05, 0) is 54.8 Å². The van der Waals surface area contributed by atoms with Crippen LogP contribution in [0.3, 0.4) is 0 Å². The Hall–Kier alpha value is -2.86. The SMILES string of the molecule is CC(Cc1cc(Br)ccc1OCc1ccccc1)Nc1ccc(C(=O)O)cn1. The molecule has 0 saturated heterocycles. The van der Waals surface area contributed by atoms with E-state index >= 15 is 0 Å². The van der Waals surface area contributed by atoms with Gasteiger partial charge in [-0.25, -0.2) is 9.78 Å². The molecule has 144 valence electrons. The van der Waals surface area contributed by atoms with Crippen LogP contribution in [0.5, 0.6) is 5.75 Å². The lowest BCUT2D eigenvalue weighted by Gasteiger charge is -2.18. The molecule has 0 aliphatic heterocycles. The lowest BCUT2D eigenvalue weighted by Crippen LogP contribution is -2.19. The van der Waals surface area contributed by atoms with E-state index in [1.807, 2.05) is 42.5 Å². The normalized spacial score (nSPS) is 11.6. The molecule has 0 aliphatic carbocycles. The lowest BCUT2D eigenvalue weighted by atomic mass is 10.1. The Morgan fingerprint density at radius 3 is 2.64 bits per heavy atom. The average Bonchev–Trinajstić information content (AvgIpc) is 2.68. The molecule has 1 unspecified atom stereocenters. The maximum atomic E-state index is 10.9. The Morgan fingerprint density at radius 1 is 1.18 bits per heavy atom. The highest BCUT2D eigenvalue weighted by atomic mass is 79.9. The largest absolute Gasteiger partial charge is 0.489 e. The number of rotatable bonds is 8. The quantitative estimate of drug-likeness (QED) is 0.505. The monoisotopic (exact) mass is 440 g/mol. The highest BCUT2D eigenvalue weighted by Gasteiger charge is 2.11. The van der Waals surface area contributed by atoms with E-state index in [1.165, 1.54) is 12.3 Å². The number of ether oxygens (including phenoxy) is 1. The number of aromatic carboxylic acids is 1. The second-order valence-corrected chi connectivity index (χ2v) is 7.43. The zero-order chi connectivity index (χ0) is 19.9. The van der Waals surface area contributed by atoms with Gasteiger partial charge in [-0.15, -0.1) is 0 Å². The molecule has 6 heteroatoms. The third-order valence-corrected chi connectivity index (χ3v) is 4.68. The van der Waals surface area contributed by atoms with Gasteiger partial charge < -0.3 is 15.2 Å². The van der Waals surface area contributed by atoms with Crippen LogP contribution in [0.15, 0.2) is 71.3 Å². The van der Waals surface area contributed by atoms with E-state index in [0.717, 1.165) is 27.8 Å². The molecule has 0 bridgehead atoms. The van der Waals surface area contributed by atoms with Crippen molar-refractivity contribution < 1.29 is 14.6 Å². The fourth-order valence-corrected chi connectivity index (χ4v) is 3.23. The van der Waals surface area contributed by atoms with Crippen LogP contribution in [0, 0.1) is 0 Å². The molecule has 1 heterocycles. The van der Waals surface area contributed by atoms with Crippen molar-refractivity contribution in [1.29, 1.82) is 0 Å². The Kier molecular flexibility index (Phi) is 6.66. The number of carbonyl (C=O) groups is 1. The Labute approximate surface area is 172 Å². The minimum atomic E-state index is -0.985. The molecular weight excluding hydrogens is 420 g/mol. The molecular formula is C22H21BrN2O3. The van der Waals surface area contributed by atoms with E-state index in [1.54, 1.807) is 6.07 Å². The Morgan fingerprint density at radius 2 is 1.96 bits per heavy atom. The van der Waals surface area contributed by atoms with Crippen LogP contribution in [-0.2, 0) is 13.0 Å². The number of carboxylic acids is 1. The first-order valence-electron chi connectivity index (χ1n) is 8.92. The van der Waals surface area contributed by atoms with Gasteiger partial charge in [0.2, 0.25) is 0 Å². The summed E-state index contributed by atoms with van der Waals surface area (Å²) in [5.74, 6) is 0.496. The summed E-state index contributed by atoms with van der Waals surface area (Å²) in [6.45, 7) is 2.56. The summed E-state index contributed by atoms with van der Waals surface area (Å²) in [4.78, 5) is 15.1. The summed E-state index contributed by atoms with van der Waals surface area (Å²) >= 11 is 3.53. The molecule has 0 spiro atoms. The number of benzene rings is 2. The molecule has 0 fully saturated rings. The minimum Gasteiger partial charge on any atom is -0.489 e. The van der Waals surface area contributed by atoms with Crippen molar-refractivity contribution in [3.63, 3.8) is 0 Å². The second kappa shape index (κ2) is 9.37. The van der Waals surface area contributed by atoms with Crippen LogP contribution < -0.4 is 10.1 Å². The fourth-order valence-electron chi connectivity index (χ4n) is 2.82. The van der Waals surface area contributed by atoms with Crippen molar-refractivity contribution in [1.82, 2.24) is 4.98 Å². The number of aromatic nitrogens is 1. The van der Waals surface area contributed by atoms with Crippen LogP contribution >= 0.6 is 15.9 Å². The predicted molar refractivity (Wildman–Crippen MR) is 113 cm³/mol. The molecule has 1 atom stereocenters. The van der Waals surface area contributed by atoms with E-state index < -0.39 is 5.97 Å². The first kappa shape index (κ1) is 19.9. The molecule has 3 aromatic rings. The molecule has 0 saturated carbocycles. The van der Waals surface area contributed by atoms with Gasteiger partial charge in [0.05, 0.1) is 5.56 Å². The summed E-state index contributed by atoms with van der Waals surface area (Å²) in [5, 5.41) is 12.3. The van der Waals surface area contributed by atoms with Crippen LogP contribution in [0.2, 0.25) is 0 Å². The highest BCUT2D eigenvalue weighted by molar-refractivity contribution is 9.10. The smallest absolute Gasteiger partial charge is 0.337 e. The molecule has 1 aromatic heterocycles. The van der Waals surface area contributed by atoms with Gasteiger partial charge in [-0.1, -0.05) is 46.3 Å². The van der Waals surface area contributed by atoms with E-state index in [0.29, 0.717) is 12.4 Å². The molecule has 2 aromatic carbocycles. The van der Waals surface area contributed by atoms with Crippen molar-refractivity contribution in [2.75, 3.05) is 5.32 Å². The van der Waals surface area contributed by atoms with E-state index in [2.05, 4.69) is 39.2 Å². The topological polar surface area (TPSA) is 71.5 Å². The zero-order valence-electron chi connectivity index (χ0n) is 15.4. The summed E-state index contributed by atoms with van der Waals surface area (Å²) in [5.41, 5.74) is 2.36. The number of hydrogen-bond donors (Lipinski definition) is 2. The first-order chi connectivity index (χ1) is 13.5. The minimum absolute atomic E-state index is 0.0801. The third-order valence-electron chi connectivity index (χ3n) is 4.19. The Bertz CT molecular complexity index is 930. The standard InChI is InChI=1S/C22H21BrN2O3/c1-15(25-21-10-7-17(13-24-21)22(26)27)11-18-12-19(23)8-9-20(18)28-14-16-5-3-2-4-6-16/h2-10,12-13,15H,11,14H2,1H3,(H,24,25)(H,26,27). The van der Waals surface area contributed by atoms with E-state index in [9.17, 15) is 4.79 Å². The zero-order valence-corrected chi connectivity index (χ0v) is 17.0. The number of carboxylic acid groups (broad SMARTS) is 1. The summed E-state index contributed by atoms with van der Waals surface area (Å²) in [6, 6.07) is 19.3. The fraction of sp³-hybridized carbons (Fsp3) is 0.182. The molecule has 0 aliphatic rings. The molecule has 28 heavy (non-hydrogen) atoms. The highest BCUT2D eigenvalue weighted by Crippen LogP contribution is 2.26. The predicted octanol–water partition coefficient (Wildman–Crippen LogP) is 5.16. The summed E-state index contributed by atoms with van der Waals surface area (Å²) in [6.07, 6.45) is 2.08. The first-order valence-corrected chi connectivity index (χ1v) is 9.71. The maximum absolute atomic E-state index is 10.9. The van der Waals surface area contributed by atoms with Crippen molar-refractivity contribution in [2.24, 2.45) is 0 Å². The van der Waals surface area contributed by atoms with E-state index in [4.69, 9.17) is 9.84 Å². The van der Waals surface area contributed by atoms with E-state index in [-0.39, 0.29) is 11.6 Å². The van der Waals surface area contributed by atoms with Crippen LogP contribution in [0.1, 0.15) is 28.4 Å². The number of nitrogens with zero attached hydrogens (tertiary/aromatic N) is 1. The average molecular weight is 441 g/mol. The Balaban J connectivity index is 1.66. The van der Waals surface area contributed by atoms with Crippen LogP contribution in [0.25, 0.3) is 0 Å². The van der Waals surface area contributed by atoms with Gasteiger partial charge in [-0.2, -0.15) is 0 Å². The van der Waals surface area contributed by atoms with Gasteiger partial charge >= 0.3 is 5.97 Å². The van der Waals surface area contributed by atoms with Crippen molar-refractivity contribution in [3.05, 3.63) is 88.0 Å². The maximum Gasteiger partial charge on any atom is 0.337 e. The number of halogens is 1.